The van der Waals surface area contributed by atoms with Crippen molar-refractivity contribution in [2.75, 3.05) is 40.4 Å². The maximum atomic E-state index is 12.7. The van der Waals surface area contributed by atoms with Gasteiger partial charge in [0, 0.05) is 25.6 Å². The van der Waals surface area contributed by atoms with E-state index in [9.17, 15) is 4.79 Å². The molecule has 1 amide bonds. The van der Waals surface area contributed by atoms with Crippen LogP contribution in [-0.4, -0.2) is 67.9 Å². The fourth-order valence-electron chi connectivity index (χ4n) is 6.79. The van der Waals surface area contributed by atoms with Gasteiger partial charge in [0.05, 0.1) is 18.8 Å². The van der Waals surface area contributed by atoms with Crippen molar-refractivity contribution in [3.8, 4) is 0 Å². The Bertz CT molecular complexity index is 580. The summed E-state index contributed by atoms with van der Waals surface area (Å²) < 4.78 is 11.5. The highest BCUT2D eigenvalue weighted by molar-refractivity contribution is 5.69. The third-order valence-electron chi connectivity index (χ3n) is 8.03. The van der Waals surface area contributed by atoms with Crippen LogP contribution in [0.15, 0.2) is 12.2 Å². The summed E-state index contributed by atoms with van der Waals surface area (Å²) >= 11 is 0. The first-order valence-corrected chi connectivity index (χ1v) is 10.9. The van der Waals surface area contributed by atoms with Gasteiger partial charge in [0.2, 0.25) is 0 Å². The van der Waals surface area contributed by atoms with E-state index in [2.05, 4.69) is 17.1 Å². The molecule has 1 saturated carbocycles. The minimum Gasteiger partial charge on any atom is -0.453 e. The van der Waals surface area contributed by atoms with E-state index in [1.54, 1.807) is 0 Å². The number of allylic oxidation sites excluding steroid dienone is 2. The molecule has 1 spiro atoms. The number of ether oxygens (including phenoxy) is 2. The van der Waals surface area contributed by atoms with Crippen molar-refractivity contribution in [1.29, 1.82) is 0 Å². The van der Waals surface area contributed by atoms with Crippen LogP contribution in [0.2, 0.25) is 0 Å². The molecule has 0 N–H and O–H groups in total. The lowest BCUT2D eigenvalue weighted by molar-refractivity contribution is -0.162. The van der Waals surface area contributed by atoms with Gasteiger partial charge in [-0.3, -0.25) is 0 Å². The number of hydrogen-bond donors (Lipinski definition) is 0. The van der Waals surface area contributed by atoms with Gasteiger partial charge in [-0.25, -0.2) is 4.79 Å². The van der Waals surface area contributed by atoms with E-state index in [0.29, 0.717) is 5.92 Å². The molecule has 0 aromatic rings. The topological polar surface area (TPSA) is 42.0 Å². The molecule has 152 valence electrons. The van der Waals surface area contributed by atoms with E-state index in [1.165, 1.54) is 52.3 Å². The maximum Gasteiger partial charge on any atom is 0.409 e. The lowest BCUT2D eigenvalue weighted by atomic mass is 9.55. The van der Waals surface area contributed by atoms with E-state index in [4.69, 9.17) is 9.47 Å². The van der Waals surface area contributed by atoms with Gasteiger partial charge in [-0.15, -0.1) is 0 Å². The standard InChI is InChI=1S/C22H36N2O3/c1-26-20(25)24-16-13-21-17-23-14-8-6-4-3-5-7-11-22(27-2,19(21)24)12-9-18(21)10-15-23/h3,5,18-19H,4,6-17H2,1-2H3/b5-3-/t18-,19-,21+,22+/m1/s1. The molecule has 3 aliphatic heterocycles. The number of methoxy groups -OCH3 is 2. The average Bonchev–Trinajstić information content (AvgIpc) is 3.08. The number of nitrogens with zero attached hydrogens (tertiary/aromatic N) is 2. The lowest BCUT2D eigenvalue weighted by Gasteiger charge is -2.59. The Morgan fingerprint density at radius 2 is 1.85 bits per heavy atom. The Labute approximate surface area is 164 Å². The number of carbonyl (C=O) groups excluding carboxylic acids is 1. The minimum absolute atomic E-state index is 0.137. The largest absolute Gasteiger partial charge is 0.453 e. The molecule has 5 atom stereocenters. The first-order valence-electron chi connectivity index (χ1n) is 10.9. The number of amides is 1. The maximum absolute atomic E-state index is 12.7. The molecule has 5 nitrogen and oxygen atoms in total. The highest BCUT2D eigenvalue weighted by Crippen LogP contribution is 2.59. The van der Waals surface area contributed by atoms with Crippen molar-refractivity contribution >= 4 is 6.09 Å². The van der Waals surface area contributed by atoms with Crippen molar-refractivity contribution in [3.05, 3.63) is 12.2 Å². The number of rotatable bonds is 1. The zero-order valence-corrected chi connectivity index (χ0v) is 17.1. The van der Waals surface area contributed by atoms with Crippen LogP contribution < -0.4 is 0 Å². The van der Waals surface area contributed by atoms with Crippen molar-refractivity contribution in [1.82, 2.24) is 9.80 Å². The number of hydrogen-bond acceptors (Lipinski definition) is 4. The Morgan fingerprint density at radius 3 is 2.67 bits per heavy atom. The van der Waals surface area contributed by atoms with Gasteiger partial charge in [-0.1, -0.05) is 12.2 Å². The fourth-order valence-corrected chi connectivity index (χ4v) is 6.79. The quantitative estimate of drug-likeness (QED) is 0.652. The predicted molar refractivity (Wildman–Crippen MR) is 106 cm³/mol. The molecular weight excluding hydrogens is 340 g/mol. The summed E-state index contributed by atoms with van der Waals surface area (Å²) in [6, 6.07) is 0.137. The van der Waals surface area contributed by atoms with Gasteiger partial charge in [0.25, 0.3) is 0 Å². The first kappa shape index (κ1) is 19.3. The van der Waals surface area contributed by atoms with Crippen LogP contribution in [-0.2, 0) is 9.47 Å². The van der Waals surface area contributed by atoms with Gasteiger partial charge < -0.3 is 19.3 Å². The van der Waals surface area contributed by atoms with Crippen LogP contribution in [0.5, 0.6) is 0 Å². The molecule has 3 heterocycles. The van der Waals surface area contributed by atoms with Crippen LogP contribution in [0.4, 0.5) is 4.79 Å². The second-order valence-corrected chi connectivity index (χ2v) is 9.12. The van der Waals surface area contributed by atoms with Crippen molar-refractivity contribution in [2.24, 2.45) is 11.3 Å². The average molecular weight is 377 g/mol. The highest BCUT2D eigenvalue weighted by Gasteiger charge is 2.65. The predicted octanol–water partition coefficient (Wildman–Crippen LogP) is 3.83. The third-order valence-corrected chi connectivity index (χ3v) is 8.03. The molecular formula is C22H36N2O3. The van der Waals surface area contributed by atoms with Crippen molar-refractivity contribution < 1.29 is 14.3 Å². The van der Waals surface area contributed by atoms with Crippen LogP contribution >= 0.6 is 0 Å². The summed E-state index contributed by atoms with van der Waals surface area (Å²) in [4.78, 5) is 17.4. The number of likely N-dealkylation sites (tertiary alicyclic amines) is 1. The molecule has 4 rings (SSSR count). The summed E-state index contributed by atoms with van der Waals surface area (Å²) in [6.45, 7) is 4.33. The Balaban J connectivity index is 1.75. The molecule has 4 aliphatic rings. The molecule has 0 aromatic carbocycles. The zero-order valence-electron chi connectivity index (χ0n) is 17.1. The minimum atomic E-state index is -0.247. The summed E-state index contributed by atoms with van der Waals surface area (Å²) in [7, 11) is 3.38. The molecule has 2 saturated heterocycles. The van der Waals surface area contributed by atoms with E-state index in [1.807, 2.05) is 12.0 Å². The highest BCUT2D eigenvalue weighted by atomic mass is 16.5. The van der Waals surface area contributed by atoms with Crippen molar-refractivity contribution in [3.63, 3.8) is 0 Å². The molecule has 1 aliphatic carbocycles. The van der Waals surface area contributed by atoms with Crippen LogP contribution in [0, 0.1) is 11.3 Å². The summed E-state index contributed by atoms with van der Waals surface area (Å²) in [5.74, 6) is 0.706. The molecule has 5 heteroatoms. The van der Waals surface area contributed by atoms with Gasteiger partial charge in [-0.05, 0) is 76.8 Å². The number of carbonyl (C=O) groups is 1. The van der Waals surface area contributed by atoms with Crippen LogP contribution in [0.3, 0.4) is 0 Å². The summed E-state index contributed by atoms with van der Waals surface area (Å²) in [5, 5.41) is 0. The normalized spacial score (nSPS) is 43.2. The van der Waals surface area contributed by atoms with E-state index >= 15 is 0 Å². The molecule has 27 heavy (non-hydrogen) atoms. The zero-order chi connectivity index (χ0) is 18.9. The fraction of sp³-hybridized carbons (Fsp3) is 0.864. The van der Waals surface area contributed by atoms with Crippen LogP contribution in [0.25, 0.3) is 0 Å². The second kappa shape index (κ2) is 7.75. The molecule has 3 bridgehead atoms. The monoisotopic (exact) mass is 376 g/mol. The van der Waals surface area contributed by atoms with E-state index in [-0.39, 0.29) is 23.2 Å². The smallest absolute Gasteiger partial charge is 0.409 e. The number of piperidine rings is 1. The molecule has 0 aromatic heterocycles. The van der Waals surface area contributed by atoms with Gasteiger partial charge in [-0.2, -0.15) is 0 Å². The lowest BCUT2D eigenvalue weighted by Crippen LogP contribution is -2.67. The van der Waals surface area contributed by atoms with Crippen molar-refractivity contribution in [2.45, 2.75) is 69.4 Å². The molecule has 3 fully saturated rings. The first-order chi connectivity index (χ1) is 13.1. The van der Waals surface area contributed by atoms with Crippen LogP contribution in [0.1, 0.15) is 57.8 Å². The summed E-state index contributed by atoms with van der Waals surface area (Å²) in [5.41, 5.74) is -0.0823. The van der Waals surface area contributed by atoms with Gasteiger partial charge in [0.15, 0.2) is 0 Å². The van der Waals surface area contributed by atoms with E-state index < -0.39 is 0 Å². The molecule has 0 radical (unpaired) electrons. The SMILES string of the molecule is COC(=O)N1CC[C@]23CN4CCCC/C=C\CC[C@](OC)(CC[C@@H]2CC4)[C@H]13. The third kappa shape index (κ3) is 3.21. The Morgan fingerprint density at radius 1 is 1.00 bits per heavy atom. The Hall–Kier alpha value is -1.07. The Kier molecular flexibility index (Phi) is 5.52. The van der Waals surface area contributed by atoms with E-state index in [0.717, 1.165) is 38.8 Å². The molecule has 1 unspecified atom stereocenters. The summed E-state index contributed by atoms with van der Waals surface area (Å²) in [6.07, 6.45) is 14.9. The van der Waals surface area contributed by atoms with Gasteiger partial charge >= 0.3 is 6.09 Å². The van der Waals surface area contributed by atoms with Gasteiger partial charge in [0.1, 0.15) is 0 Å². The number of fused-ring (bicyclic) bond motifs is 1. The second-order valence-electron chi connectivity index (χ2n) is 9.12.